The van der Waals surface area contributed by atoms with Crippen LogP contribution in [0.15, 0.2) is 30.5 Å². The lowest BCUT2D eigenvalue weighted by atomic mass is 9.57. The molecule has 31 heavy (non-hydrogen) atoms. The molecule has 3 aliphatic rings. The Balaban J connectivity index is 1.28. The van der Waals surface area contributed by atoms with E-state index in [0.717, 1.165) is 74.8 Å². The van der Waals surface area contributed by atoms with Crippen molar-refractivity contribution in [3.63, 3.8) is 0 Å². The van der Waals surface area contributed by atoms with E-state index in [4.69, 9.17) is 27.1 Å². The number of anilines is 2. The third-order valence-corrected chi connectivity index (χ3v) is 7.85. The van der Waals surface area contributed by atoms with Crippen LogP contribution in [-0.2, 0) is 4.74 Å². The first kappa shape index (κ1) is 21.0. The zero-order chi connectivity index (χ0) is 21.3. The average Bonchev–Trinajstić information content (AvgIpc) is 2.77. The van der Waals surface area contributed by atoms with Crippen molar-refractivity contribution in [2.75, 3.05) is 30.4 Å². The van der Waals surface area contributed by atoms with Gasteiger partial charge >= 0.3 is 0 Å². The molecule has 0 spiro atoms. The number of aromatic nitrogens is 2. The number of ether oxygens (including phenoxy) is 1. The van der Waals surface area contributed by atoms with Gasteiger partial charge in [0.1, 0.15) is 11.6 Å². The van der Waals surface area contributed by atoms with Crippen LogP contribution in [0.5, 0.6) is 0 Å². The van der Waals surface area contributed by atoms with Gasteiger partial charge in [0, 0.05) is 43.6 Å². The molecule has 2 aliphatic carbocycles. The van der Waals surface area contributed by atoms with Crippen LogP contribution in [0.1, 0.15) is 44.9 Å². The molecule has 3 fully saturated rings. The van der Waals surface area contributed by atoms with Crippen molar-refractivity contribution < 1.29 is 4.74 Å². The van der Waals surface area contributed by atoms with Crippen molar-refractivity contribution in [1.29, 1.82) is 0 Å². The fourth-order valence-corrected chi connectivity index (χ4v) is 5.50. The molecule has 0 radical (unpaired) electrons. The Labute approximate surface area is 189 Å². The quantitative estimate of drug-likeness (QED) is 0.602. The van der Waals surface area contributed by atoms with Crippen LogP contribution in [0.25, 0.3) is 11.3 Å². The Morgan fingerprint density at radius 2 is 2.00 bits per heavy atom. The Kier molecular flexibility index (Phi) is 6.04. The molecule has 166 valence electrons. The minimum Gasteiger partial charge on any atom is -0.381 e. The van der Waals surface area contributed by atoms with Crippen molar-refractivity contribution in [3.8, 4) is 11.3 Å². The molecule has 0 bridgehead atoms. The van der Waals surface area contributed by atoms with Crippen molar-refractivity contribution >= 4 is 23.2 Å². The molecule has 2 aromatic rings. The molecule has 0 amide bonds. The lowest BCUT2D eigenvalue weighted by Gasteiger charge is -2.52. The Morgan fingerprint density at radius 3 is 2.77 bits per heavy atom. The van der Waals surface area contributed by atoms with Gasteiger partial charge in [-0.15, -0.1) is 0 Å². The van der Waals surface area contributed by atoms with Gasteiger partial charge in [0.2, 0.25) is 0 Å². The fourth-order valence-electron chi connectivity index (χ4n) is 5.30. The van der Waals surface area contributed by atoms with E-state index in [1.807, 2.05) is 24.3 Å². The zero-order valence-electron chi connectivity index (χ0n) is 17.9. The van der Waals surface area contributed by atoms with Crippen molar-refractivity contribution in [3.05, 3.63) is 35.5 Å². The highest BCUT2D eigenvalue weighted by Crippen LogP contribution is 2.51. The van der Waals surface area contributed by atoms with E-state index < -0.39 is 0 Å². The maximum Gasteiger partial charge on any atom is 0.126 e. The summed E-state index contributed by atoms with van der Waals surface area (Å²) in [6.07, 6.45) is 9.69. The summed E-state index contributed by atoms with van der Waals surface area (Å²) in [5.74, 6) is 2.43. The van der Waals surface area contributed by atoms with E-state index in [9.17, 15) is 0 Å². The molecule has 5 rings (SSSR count). The molecule has 2 unspecified atom stereocenters. The molecule has 2 saturated carbocycles. The molecule has 3 heterocycles. The summed E-state index contributed by atoms with van der Waals surface area (Å²) in [5, 5.41) is 7.77. The number of nitrogens with one attached hydrogen (secondary N) is 2. The molecule has 1 saturated heterocycles. The Morgan fingerprint density at radius 1 is 1.13 bits per heavy atom. The Hall–Kier alpha value is -1.89. The van der Waals surface area contributed by atoms with Gasteiger partial charge < -0.3 is 21.1 Å². The third-order valence-electron chi connectivity index (χ3n) is 7.55. The second-order valence-corrected chi connectivity index (χ2v) is 9.90. The van der Waals surface area contributed by atoms with Crippen LogP contribution in [0.2, 0.25) is 5.02 Å². The van der Waals surface area contributed by atoms with E-state index in [0.29, 0.717) is 28.4 Å². The molecular formula is C24H32ClN5O. The molecular weight excluding hydrogens is 410 g/mol. The molecule has 2 aromatic heterocycles. The van der Waals surface area contributed by atoms with Gasteiger partial charge in [-0.05, 0) is 74.5 Å². The monoisotopic (exact) mass is 441 g/mol. The van der Waals surface area contributed by atoms with Gasteiger partial charge in [-0.2, -0.15) is 0 Å². The van der Waals surface area contributed by atoms with Crippen molar-refractivity contribution in [2.45, 2.75) is 57.0 Å². The van der Waals surface area contributed by atoms with Crippen LogP contribution < -0.4 is 16.4 Å². The SMILES string of the molecule is NC1CCC(Nc2cc(-c3cccc(NCC45CCOCC4CC5)n3)c(Cl)cn2)CC1. The number of halogens is 1. The highest BCUT2D eigenvalue weighted by atomic mass is 35.5. The minimum atomic E-state index is 0.335. The van der Waals surface area contributed by atoms with E-state index in [1.165, 1.54) is 12.8 Å². The number of hydrogen-bond acceptors (Lipinski definition) is 6. The number of hydrogen-bond donors (Lipinski definition) is 3. The number of nitrogens with two attached hydrogens (primary N) is 1. The predicted molar refractivity (Wildman–Crippen MR) is 125 cm³/mol. The average molecular weight is 442 g/mol. The zero-order valence-corrected chi connectivity index (χ0v) is 18.7. The lowest BCUT2D eigenvalue weighted by molar-refractivity contribution is -0.0962. The van der Waals surface area contributed by atoms with E-state index in [-0.39, 0.29) is 0 Å². The highest BCUT2D eigenvalue weighted by molar-refractivity contribution is 6.33. The van der Waals surface area contributed by atoms with Crippen LogP contribution in [0.4, 0.5) is 11.6 Å². The maximum absolute atomic E-state index is 6.51. The van der Waals surface area contributed by atoms with Gasteiger partial charge in [-0.1, -0.05) is 17.7 Å². The largest absolute Gasteiger partial charge is 0.381 e. The molecule has 7 heteroatoms. The fraction of sp³-hybridized carbons (Fsp3) is 0.583. The first-order valence-electron chi connectivity index (χ1n) is 11.6. The number of rotatable bonds is 6. The Bertz CT molecular complexity index is 917. The van der Waals surface area contributed by atoms with Crippen LogP contribution in [0, 0.1) is 11.3 Å². The van der Waals surface area contributed by atoms with Crippen LogP contribution in [0.3, 0.4) is 0 Å². The number of nitrogens with zero attached hydrogens (tertiary/aromatic N) is 2. The first-order chi connectivity index (χ1) is 15.1. The summed E-state index contributed by atoms with van der Waals surface area (Å²) in [4.78, 5) is 9.36. The van der Waals surface area contributed by atoms with Crippen molar-refractivity contribution in [1.82, 2.24) is 9.97 Å². The molecule has 1 aliphatic heterocycles. The summed E-state index contributed by atoms with van der Waals surface area (Å²) in [6, 6.07) is 8.85. The smallest absolute Gasteiger partial charge is 0.126 e. The van der Waals surface area contributed by atoms with E-state index in [2.05, 4.69) is 15.6 Å². The van der Waals surface area contributed by atoms with Gasteiger partial charge in [-0.3, -0.25) is 0 Å². The first-order valence-corrected chi connectivity index (χ1v) is 12.0. The van der Waals surface area contributed by atoms with Gasteiger partial charge in [-0.25, -0.2) is 9.97 Å². The summed E-state index contributed by atoms with van der Waals surface area (Å²) in [7, 11) is 0. The van der Waals surface area contributed by atoms with Gasteiger partial charge in [0.15, 0.2) is 0 Å². The van der Waals surface area contributed by atoms with Gasteiger partial charge in [0.25, 0.3) is 0 Å². The summed E-state index contributed by atoms with van der Waals surface area (Å²) in [5.41, 5.74) is 8.18. The summed E-state index contributed by atoms with van der Waals surface area (Å²) in [6.45, 7) is 2.74. The number of pyridine rings is 2. The van der Waals surface area contributed by atoms with E-state index >= 15 is 0 Å². The maximum atomic E-state index is 6.51. The summed E-state index contributed by atoms with van der Waals surface area (Å²) < 4.78 is 5.67. The highest BCUT2D eigenvalue weighted by Gasteiger charge is 2.48. The van der Waals surface area contributed by atoms with Crippen molar-refractivity contribution in [2.24, 2.45) is 17.1 Å². The lowest BCUT2D eigenvalue weighted by Crippen LogP contribution is -2.51. The molecule has 4 N–H and O–H groups in total. The minimum absolute atomic E-state index is 0.335. The normalized spacial score (nSPS) is 30.2. The topological polar surface area (TPSA) is 85.1 Å². The number of fused-ring (bicyclic) bond motifs is 1. The van der Waals surface area contributed by atoms with Crippen LogP contribution in [-0.4, -0.2) is 41.8 Å². The molecule has 2 atom stereocenters. The standard InChI is InChI=1S/C24H32ClN5O/c25-20-13-27-23(29-18-6-4-17(26)5-7-18)12-19(20)21-2-1-3-22(30-21)28-15-24-9-8-16(24)14-31-11-10-24/h1-3,12-13,16-18H,4-11,14-15,26H2,(H,27,29)(H,28,30). The third kappa shape index (κ3) is 4.52. The molecule has 0 aromatic carbocycles. The second kappa shape index (κ2) is 8.93. The second-order valence-electron chi connectivity index (χ2n) is 9.49. The van der Waals surface area contributed by atoms with E-state index in [1.54, 1.807) is 6.20 Å². The molecule has 6 nitrogen and oxygen atoms in total. The van der Waals surface area contributed by atoms with Gasteiger partial charge in [0.05, 0.1) is 10.7 Å². The predicted octanol–water partition coefficient (Wildman–Crippen LogP) is 4.71. The summed E-state index contributed by atoms with van der Waals surface area (Å²) >= 11 is 6.51. The van der Waals surface area contributed by atoms with Crippen LogP contribution >= 0.6 is 11.6 Å².